The van der Waals surface area contributed by atoms with Crippen LogP contribution in [0.3, 0.4) is 0 Å². The molecule has 1 atom stereocenters. The molecule has 1 unspecified atom stereocenters. The molecular weight excluding hydrogens is 264 g/mol. The van der Waals surface area contributed by atoms with Crippen LogP contribution in [0.15, 0.2) is 0 Å². The molecule has 4 nitrogen and oxygen atoms in total. The van der Waals surface area contributed by atoms with Gasteiger partial charge in [-0.1, -0.05) is 19.3 Å². The van der Waals surface area contributed by atoms with Crippen LogP contribution in [0.25, 0.3) is 0 Å². The lowest BCUT2D eigenvalue weighted by Gasteiger charge is -2.35. The van der Waals surface area contributed by atoms with Crippen LogP contribution in [-0.4, -0.2) is 42.6 Å². The van der Waals surface area contributed by atoms with Crippen LogP contribution >= 0.6 is 12.4 Å². The van der Waals surface area contributed by atoms with Gasteiger partial charge in [0.25, 0.3) is 0 Å². The third kappa shape index (κ3) is 4.07. The smallest absolute Gasteiger partial charge is 0.242 e. The van der Waals surface area contributed by atoms with Crippen LogP contribution in [0.2, 0.25) is 0 Å². The maximum absolute atomic E-state index is 12.5. The lowest BCUT2D eigenvalue weighted by Crippen LogP contribution is -2.55. The predicted octanol–water partition coefficient (Wildman–Crippen LogP) is 1.95. The highest BCUT2D eigenvalue weighted by molar-refractivity contribution is 5.86. The van der Waals surface area contributed by atoms with Gasteiger partial charge in [-0.15, -0.1) is 12.4 Å². The molecule has 5 heteroatoms. The standard InChI is InChI=1S/C14H26N2O2.ClH/c1-2-18-11-12-6-9-16(10-12)13(17)14(15)7-4-3-5-8-14;/h12H,2-11,15H2,1H3;1H. The van der Waals surface area contributed by atoms with E-state index in [2.05, 4.69) is 0 Å². The quantitative estimate of drug-likeness (QED) is 0.861. The zero-order chi connectivity index (χ0) is 13.0. The molecule has 19 heavy (non-hydrogen) atoms. The van der Waals surface area contributed by atoms with Crippen LogP contribution in [0, 0.1) is 5.92 Å². The largest absolute Gasteiger partial charge is 0.381 e. The molecule has 1 saturated carbocycles. The number of rotatable bonds is 4. The van der Waals surface area contributed by atoms with Crippen LogP contribution < -0.4 is 5.73 Å². The van der Waals surface area contributed by atoms with Gasteiger partial charge in [0.15, 0.2) is 0 Å². The lowest BCUT2D eigenvalue weighted by molar-refractivity contribution is -0.137. The molecule has 0 aromatic carbocycles. The van der Waals surface area contributed by atoms with Crippen molar-refractivity contribution in [3.63, 3.8) is 0 Å². The maximum atomic E-state index is 12.5. The van der Waals surface area contributed by atoms with E-state index in [1.54, 1.807) is 0 Å². The van der Waals surface area contributed by atoms with E-state index in [1.165, 1.54) is 6.42 Å². The molecule has 2 N–H and O–H groups in total. The Morgan fingerprint density at radius 1 is 1.37 bits per heavy atom. The predicted molar refractivity (Wildman–Crippen MR) is 78.4 cm³/mol. The molecule has 2 rings (SSSR count). The third-order valence-electron chi connectivity index (χ3n) is 4.30. The van der Waals surface area contributed by atoms with E-state index in [1.807, 2.05) is 11.8 Å². The number of ether oxygens (including phenoxy) is 1. The molecule has 112 valence electrons. The fourth-order valence-corrected chi connectivity index (χ4v) is 3.15. The monoisotopic (exact) mass is 290 g/mol. The fourth-order valence-electron chi connectivity index (χ4n) is 3.15. The average molecular weight is 291 g/mol. The van der Waals surface area contributed by atoms with Gasteiger partial charge in [0.05, 0.1) is 12.1 Å². The number of hydrogen-bond donors (Lipinski definition) is 1. The van der Waals surface area contributed by atoms with Gasteiger partial charge < -0.3 is 15.4 Å². The zero-order valence-corrected chi connectivity index (χ0v) is 12.7. The first-order valence-corrected chi connectivity index (χ1v) is 7.32. The van der Waals surface area contributed by atoms with E-state index >= 15 is 0 Å². The summed E-state index contributed by atoms with van der Waals surface area (Å²) in [5, 5.41) is 0. The van der Waals surface area contributed by atoms with Gasteiger partial charge >= 0.3 is 0 Å². The van der Waals surface area contributed by atoms with Crippen molar-refractivity contribution < 1.29 is 9.53 Å². The number of nitrogens with zero attached hydrogens (tertiary/aromatic N) is 1. The summed E-state index contributed by atoms with van der Waals surface area (Å²) >= 11 is 0. The number of carbonyl (C=O) groups is 1. The Hall–Kier alpha value is -0.320. The molecule has 1 aliphatic carbocycles. The molecule has 0 bridgehead atoms. The highest BCUT2D eigenvalue weighted by Crippen LogP contribution is 2.29. The summed E-state index contributed by atoms with van der Waals surface area (Å²) in [7, 11) is 0. The van der Waals surface area contributed by atoms with E-state index < -0.39 is 5.54 Å². The second-order valence-corrected chi connectivity index (χ2v) is 5.78. The SMILES string of the molecule is CCOCC1CCN(C(=O)C2(N)CCCCC2)C1.Cl. The first-order valence-electron chi connectivity index (χ1n) is 7.32. The van der Waals surface area contributed by atoms with Crippen LogP contribution in [-0.2, 0) is 9.53 Å². The van der Waals surface area contributed by atoms with Gasteiger partial charge in [-0.25, -0.2) is 0 Å². The number of amides is 1. The summed E-state index contributed by atoms with van der Waals surface area (Å²) in [6.07, 6.45) is 6.19. The van der Waals surface area contributed by atoms with Crippen LogP contribution in [0.1, 0.15) is 45.4 Å². The summed E-state index contributed by atoms with van der Waals surface area (Å²) in [5.41, 5.74) is 5.73. The Bertz CT molecular complexity index is 293. The molecular formula is C14H27ClN2O2. The highest BCUT2D eigenvalue weighted by atomic mass is 35.5. The van der Waals surface area contributed by atoms with Crippen molar-refractivity contribution >= 4 is 18.3 Å². The Kier molecular flexibility index (Phi) is 6.57. The minimum Gasteiger partial charge on any atom is -0.381 e. The summed E-state index contributed by atoms with van der Waals surface area (Å²) < 4.78 is 5.45. The number of carbonyl (C=O) groups excluding carboxylic acids is 1. The number of hydrogen-bond acceptors (Lipinski definition) is 3. The van der Waals surface area contributed by atoms with Crippen molar-refractivity contribution in [3.8, 4) is 0 Å². The second kappa shape index (κ2) is 7.46. The van der Waals surface area contributed by atoms with Crippen molar-refractivity contribution in [2.45, 2.75) is 51.0 Å². The van der Waals surface area contributed by atoms with E-state index in [0.29, 0.717) is 5.92 Å². The highest BCUT2D eigenvalue weighted by Gasteiger charge is 2.40. The topological polar surface area (TPSA) is 55.6 Å². The molecule has 0 aromatic rings. The molecule has 1 amide bonds. The van der Waals surface area contributed by atoms with Gasteiger partial charge in [0.2, 0.25) is 5.91 Å². The van der Waals surface area contributed by atoms with Crippen molar-refractivity contribution in [2.24, 2.45) is 11.7 Å². The van der Waals surface area contributed by atoms with E-state index in [9.17, 15) is 4.79 Å². The Morgan fingerprint density at radius 3 is 2.68 bits per heavy atom. The Labute approximate surface area is 122 Å². The Balaban J connectivity index is 0.00000180. The van der Waals surface area contributed by atoms with E-state index in [-0.39, 0.29) is 18.3 Å². The normalized spacial score (nSPS) is 26.0. The summed E-state index contributed by atoms with van der Waals surface area (Å²) in [6.45, 7) is 5.23. The molecule has 0 radical (unpaired) electrons. The molecule has 2 fully saturated rings. The third-order valence-corrected chi connectivity index (χ3v) is 4.30. The van der Waals surface area contributed by atoms with Crippen molar-refractivity contribution in [2.75, 3.05) is 26.3 Å². The maximum Gasteiger partial charge on any atom is 0.242 e. The molecule has 1 aliphatic heterocycles. The minimum atomic E-state index is -0.571. The Morgan fingerprint density at radius 2 is 2.05 bits per heavy atom. The number of nitrogens with two attached hydrogens (primary N) is 1. The van der Waals surface area contributed by atoms with Crippen molar-refractivity contribution in [1.82, 2.24) is 4.90 Å². The van der Waals surface area contributed by atoms with Crippen molar-refractivity contribution in [3.05, 3.63) is 0 Å². The van der Waals surface area contributed by atoms with Crippen LogP contribution in [0.4, 0.5) is 0 Å². The number of likely N-dealkylation sites (tertiary alicyclic amines) is 1. The molecule has 1 saturated heterocycles. The summed E-state index contributed by atoms with van der Waals surface area (Å²) in [6, 6.07) is 0. The van der Waals surface area contributed by atoms with Gasteiger partial charge in [-0.3, -0.25) is 4.79 Å². The fraction of sp³-hybridized carbons (Fsp3) is 0.929. The first kappa shape index (κ1) is 16.7. The zero-order valence-electron chi connectivity index (χ0n) is 11.9. The average Bonchev–Trinajstić information content (AvgIpc) is 2.85. The van der Waals surface area contributed by atoms with Gasteiger partial charge in [-0.2, -0.15) is 0 Å². The van der Waals surface area contributed by atoms with Crippen LogP contribution in [0.5, 0.6) is 0 Å². The molecule has 2 aliphatic rings. The van der Waals surface area contributed by atoms with Crippen molar-refractivity contribution in [1.29, 1.82) is 0 Å². The molecule has 0 aromatic heterocycles. The lowest BCUT2D eigenvalue weighted by atomic mass is 9.81. The number of halogens is 1. The minimum absolute atomic E-state index is 0. The van der Waals surface area contributed by atoms with Gasteiger partial charge in [0, 0.05) is 25.6 Å². The molecule has 0 spiro atoms. The van der Waals surface area contributed by atoms with Gasteiger partial charge in [-0.05, 0) is 26.2 Å². The second-order valence-electron chi connectivity index (χ2n) is 5.78. The summed E-state index contributed by atoms with van der Waals surface area (Å²) in [5.74, 6) is 0.683. The molecule has 1 heterocycles. The van der Waals surface area contributed by atoms with E-state index in [0.717, 1.165) is 58.4 Å². The first-order chi connectivity index (χ1) is 8.65. The van der Waals surface area contributed by atoms with E-state index in [4.69, 9.17) is 10.5 Å². The van der Waals surface area contributed by atoms with Gasteiger partial charge in [0.1, 0.15) is 0 Å². The summed E-state index contributed by atoms with van der Waals surface area (Å²) in [4.78, 5) is 14.5.